The van der Waals surface area contributed by atoms with E-state index in [2.05, 4.69) is 25.4 Å². The Bertz CT molecular complexity index is 836. The fourth-order valence-electron chi connectivity index (χ4n) is 3.39. The standard InChI is InChI=1S/C16H20N8/c17-11-4-2-10(3-5-11)12-13(22-16-20-6-1-7-21-16)15-19-8-9-24(15)23-14(12)18/h1,6-11H,2-5,17H2,(H2,18,23)(H,20,21,22). The van der Waals surface area contributed by atoms with Gasteiger partial charge in [-0.25, -0.2) is 19.5 Å². The number of anilines is 3. The number of rotatable bonds is 3. The molecule has 1 aliphatic carbocycles. The van der Waals surface area contributed by atoms with Crippen LogP contribution < -0.4 is 16.8 Å². The molecule has 24 heavy (non-hydrogen) atoms. The van der Waals surface area contributed by atoms with Gasteiger partial charge in [0.2, 0.25) is 5.95 Å². The van der Waals surface area contributed by atoms with Crippen molar-refractivity contribution in [3.63, 3.8) is 0 Å². The van der Waals surface area contributed by atoms with Gasteiger partial charge in [-0.15, -0.1) is 5.10 Å². The lowest BCUT2D eigenvalue weighted by Gasteiger charge is -2.28. The van der Waals surface area contributed by atoms with Crippen LogP contribution in [0.25, 0.3) is 5.65 Å². The second-order valence-corrected chi connectivity index (χ2v) is 6.18. The van der Waals surface area contributed by atoms with E-state index in [1.165, 1.54) is 0 Å². The smallest absolute Gasteiger partial charge is 0.227 e. The molecule has 0 aliphatic heterocycles. The first-order valence-corrected chi connectivity index (χ1v) is 8.14. The summed E-state index contributed by atoms with van der Waals surface area (Å²) in [6, 6.07) is 2.06. The van der Waals surface area contributed by atoms with Crippen LogP contribution in [0.4, 0.5) is 17.5 Å². The number of nitrogen functional groups attached to an aromatic ring is 1. The highest BCUT2D eigenvalue weighted by Gasteiger charge is 2.27. The van der Waals surface area contributed by atoms with Gasteiger partial charge in [0.1, 0.15) is 5.82 Å². The number of nitrogens with zero attached hydrogens (tertiary/aromatic N) is 5. The zero-order valence-corrected chi connectivity index (χ0v) is 13.3. The van der Waals surface area contributed by atoms with Crippen LogP contribution in [-0.2, 0) is 0 Å². The molecule has 0 aromatic carbocycles. The topological polar surface area (TPSA) is 120 Å². The fourth-order valence-corrected chi connectivity index (χ4v) is 3.39. The van der Waals surface area contributed by atoms with Gasteiger partial charge in [-0.3, -0.25) is 0 Å². The Morgan fingerprint density at radius 1 is 1.04 bits per heavy atom. The summed E-state index contributed by atoms with van der Waals surface area (Å²) in [5, 5.41) is 7.75. The van der Waals surface area contributed by atoms with Crippen molar-refractivity contribution in [1.82, 2.24) is 24.6 Å². The van der Waals surface area contributed by atoms with Gasteiger partial charge in [-0.2, -0.15) is 0 Å². The van der Waals surface area contributed by atoms with E-state index in [9.17, 15) is 0 Å². The second-order valence-electron chi connectivity index (χ2n) is 6.18. The van der Waals surface area contributed by atoms with E-state index < -0.39 is 0 Å². The minimum absolute atomic E-state index is 0.277. The molecule has 8 nitrogen and oxygen atoms in total. The molecule has 0 atom stereocenters. The van der Waals surface area contributed by atoms with E-state index in [1.807, 2.05) is 0 Å². The monoisotopic (exact) mass is 324 g/mol. The summed E-state index contributed by atoms with van der Waals surface area (Å²) in [5.41, 5.74) is 14.9. The van der Waals surface area contributed by atoms with Crippen molar-refractivity contribution in [2.24, 2.45) is 5.73 Å². The molecule has 1 fully saturated rings. The number of imidazole rings is 1. The summed E-state index contributed by atoms with van der Waals surface area (Å²) >= 11 is 0. The Hall–Kier alpha value is -2.74. The molecule has 8 heteroatoms. The van der Waals surface area contributed by atoms with Gasteiger partial charge in [0.15, 0.2) is 5.65 Å². The van der Waals surface area contributed by atoms with E-state index in [0.717, 1.165) is 42.6 Å². The molecule has 124 valence electrons. The molecule has 5 N–H and O–H groups in total. The molecule has 1 saturated carbocycles. The summed E-state index contributed by atoms with van der Waals surface area (Å²) in [5.74, 6) is 1.34. The van der Waals surface area contributed by atoms with Crippen LogP contribution in [0.15, 0.2) is 30.9 Å². The maximum atomic E-state index is 6.29. The SMILES string of the molecule is Nc1nn2ccnc2c(Nc2ncccn2)c1C1CCC(N)CC1. The predicted octanol–water partition coefficient (Wildman–Crippen LogP) is 1.83. The quantitative estimate of drug-likeness (QED) is 0.672. The number of hydrogen-bond acceptors (Lipinski definition) is 7. The van der Waals surface area contributed by atoms with Crippen LogP contribution in [0, 0.1) is 0 Å². The maximum absolute atomic E-state index is 6.29. The summed E-state index contributed by atoms with van der Waals surface area (Å²) in [6.45, 7) is 0. The number of nitrogens with two attached hydrogens (primary N) is 2. The van der Waals surface area contributed by atoms with Crippen LogP contribution in [0.2, 0.25) is 0 Å². The average Bonchev–Trinajstić information content (AvgIpc) is 3.05. The van der Waals surface area contributed by atoms with Gasteiger partial charge in [-0.05, 0) is 37.7 Å². The van der Waals surface area contributed by atoms with Crippen LogP contribution >= 0.6 is 0 Å². The zero-order valence-electron chi connectivity index (χ0n) is 13.3. The molecule has 1 aliphatic rings. The fraction of sp³-hybridized carbons (Fsp3) is 0.375. The van der Waals surface area contributed by atoms with Crippen LogP contribution in [0.5, 0.6) is 0 Å². The van der Waals surface area contributed by atoms with E-state index in [-0.39, 0.29) is 6.04 Å². The van der Waals surface area contributed by atoms with Crippen molar-refractivity contribution < 1.29 is 0 Å². The Morgan fingerprint density at radius 2 is 1.79 bits per heavy atom. The maximum Gasteiger partial charge on any atom is 0.227 e. The van der Waals surface area contributed by atoms with Gasteiger partial charge in [0.25, 0.3) is 0 Å². The largest absolute Gasteiger partial charge is 0.382 e. The minimum atomic E-state index is 0.277. The second kappa shape index (κ2) is 6.04. The molecule has 0 amide bonds. The third kappa shape index (κ3) is 2.65. The first kappa shape index (κ1) is 14.8. The molecule has 3 aromatic heterocycles. The van der Waals surface area contributed by atoms with Crippen molar-refractivity contribution in [2.45, 2.75) is 37.6 Å². The third-order valence-corrected chi connectivity index (χ3v) is 4.59. The van der Waals surface area contributed by atoms with Gasteiger partial charge in [0, 0.05) is 36.4 Å². The summed E-state index contributed by atoms with van der Waals surface area (Å²) in [4.78, 5) is 12.9. The molecule has 0 bridgehead atoms. The van der Waals surface area contributed by atoms with Gasteiger partial charge in [0.05, 0.1) is 5.69 Å². The van der Waals surface area contributed by atoms with Crippen LogP contribution in [-0.4, -0.2) is 30.6 Å². The first-order chi connectivity index (χ1) is 11.7. The summed E-state index contributed by atoms with van der Waals surface area (Å²) in [6.07, 6.45) is 10.9. The highest BCUT2D eigenvalue weighted by atomic mass is 15.3. The molecule has 4 rings (SSSR count). The molecule has 0 spiro atoms. The number of aromatic nitrogens is 5. The van der Waals surface area contributed by atoms with E-state index in [1.54, 1.807) is 35.4 Å². The normalized spacial score (nSPS) is 21.0. The van der Waals surface area contributed by atoms with E-state index in [0.29, 0.717) is 17.7 Å². The Labute approximate surface area is 139 Å². The molecule has 3 aromatic rings. The van der Waals surface area contributed by atoms with Crippen molar-refractivity contribution >= 4 is 23.1 Å². The zero-order chi connectivity index (χ0) is 16.5. The lowest BCUT2D eigenvalue weighted by molar-refractivity contribution is 0.396. The molecule has 0 unspecified atom stereocenters. The van der Waals surface area contributed by atoms with Crippen LogP contribution in [0.3, 0.4) is 0 Å². The molecular weight excluding hydrogens is 304 g/mol. The van der Waals surface area contributed by atoms with Gasteiger partial charge in [-0.1, -0.05) is 0 Å². The van der Waals surface area contributed by atoms with Crippen molar-refractivity contribution in [2.75, 3.05) is 11.1 Å². The Balaban J connectivity index is 1.82. The first-order valence-electron chi connectivity index (χ1n) is 8.14. The number of nitrogens with one attached hydrogen (secondary N) is 1. The highest BCUT2D eigenvalue weighted by molar-refractivity contribution is 5.79. The van der Waals surface area contributed by atoms with Crippen molar-refractivity contribution in [1.29, 1.82) is 0 Å². The minimum Gasteiger partial charge on any atom is -0.382 e. The molecule has 0 radical (unpaired) electrons. The Kier molecular flexibility index (Phi) is 3.73. The van der Waals surface area contributed by atoms with E-state index in [4.69, 9.17) is 11.5 Å². The van der Waals surface area contributed by atoms with Gasteiger partial charge >= 0.3 is 0 Å². The van der Waals surface area contributed by atoms with Crippen molar-refractivity contribution in [3.8, 4) is 0 Å². The Morgan fingerprint density at radius 3 is 2.54 bits per heavy atom. The average molecular weight is 324 g/mol. The van der Waals surface area contributed by atoms with Gasteiger partial charge < -0.3 is 16.8 Å². The van der Waals surface area contributed by atoms with E-state index >= 15 is 0 Å². The third-order valence-electron chi connectivity index (χ3n) is 4.59. The summed E-state index contributed by atoms with van der Waals surface area (Å²) < 4.78 is 1.68. The number of fused-ring (bicyclic) bond motifs is 1. The lowest BCUT2D eigenvalue weighted by atomic mass is 9.81. The van der Waals surface area contributed by atoms with Crippen LogP contribution in [0.1, 0.15) is 37.2 Å². The predicted molar refractivity (Wildman–Crippen MR) is 91.9 cm³/mol. The number of hydrogen-bond donors (Lipinski definition) is 3. The lowest BCUT2D eigenvalue weighted by Crippen LogP contribution is -2.26. The molecular formula is C16H20N8. The van der Waals surface area contributed by atoms with Crippen molar-refractivity contribution in [3.05, 3.63) is 36.4 Å². The molecule has 0 saturated heterocycles. The summed E-state index contributed by atoms with van der Waals surface area (Å²) in [7, 11) is 0. The molecule has 3 heterocycles. The highest BCUT2D eigenvalue weighted by Crippen LogP contribution is 2.40.